The minimum absolute atomic E-state index is 0.0711. The predicted molar refractivity (Wildman–Crippen MR) is 105 cm³/mol. The highest BCUT2D eigenvalue weighted by molar-refractivity contribution is 7.10. The maximum absolute atomic E-state index is 13.1. The molecule has 0 atom stereocenters. The van der Waals surface area contributed by atoms with Gasteiger partial charge in [-0.3, -0.25) is 9.59 Å². The van der Waals surface area contributed by atoms with Crippen molar-refractivity contribution >= 4 is 39.5 Å². The minimum atomic E-state index is -0.283. The van der Waals surface area contributed by atoms with E-state index in [0.717, 1.165) is 9.75 Å². The van der Waals surface area contributed by atoms with Gasteiger partial charge in [-0.25, -0.2) is 0 Å². The Morgan fingerprint density at radius 3 is 2.19 bits per heavy atom. The lowest BCUT2D eigenvalue weighted by Crippen LogP contribution is -2.30. The minimum Gasteiger partial charge on any atom is -0.451 e. The molecule has 0 unspecified atom stereocenters. The Morgan fingerprint density at radius 1 is 0.923 bits per heavy atom. The number of fused-ring (bicyclic) bond motifs is 1. The number of benzene rings is 1. The van der Waals surface area contributed by atoms with Gasteiger partial charge in [-0.2, -0.15) is 0 Å². The number of nitrogens with zero attached hydrogens (tertiary/aromatic N) is 1. The number of amides is 1. The summed E-state index contributed by atoms with van der Waals surface area (Å²) >= 11 is 3.20. The van der Waals surface area contributed by atoms with E-state index in [4.69, 9.17) is 4.42 Å². The number of thiophene rings is 2. The van der Waals surface area contributed by atoms with Crippen molar-refractivity contribution in [2.75, 3.05) is 0 Å². The Labute approximate surface area is 157 Å². The molecular formula is C20H15NO3S2. The normalized spacial score (nSPS) is 10.9. The molecule has 0 N–H and O–H groups in total. The van der Waals surface area contributed by atoms with E-state index in [1.807, 2.05) is 35.0 Å². The van der Waals surface area contributed by atoms with Crippen molar-refractivity contribution < 1.29 is 9.21 Å². The summed E-state index contributed by atoms with van der Waals surface area (Å²) in [5.74, 6) is -0.212. The van der Waals surface area contributed by atoms with Crippen molar-refractivity contribution in [3.8, 4) is 0 Å². The highest BCUT2D eigenvalue weighted by Gasteiger charge is 2.21. The highest BCUT2D eigenvalue weighted by Crippen LogP contribution is 2.20. The third-order valence-corrected chi connectivity index (χ3v) is 5.71. The molecule has 1 aromatic carbocycles. The summed E-state index contributed by atoms with van der Waals surface area (Å²) in [6.07, 6.45) is 0. The number of hydrogen-bond donors (Lipinski definition) is 0. The molecule has 26 heavy (non-hydrogen) atoms. The van der Waals surface area contributed by atoms with Gasteiger partial charge in [0.15, 0.2) is 11.2 Å². The molecule has 6 heteroatoms. The van der Waals surface area contributed by atoms with E-state index < -0.39 is 0 Å². The smallest absolute Gasteiger partial charge is 0.290 e. The molecule has 1 amide bonds. The quantitative estimate of drug-likeness (QED) is 0.501. The molecule has 0 aliphatic carbocycles. The zero-order chi connectivity index (χ0) is 17.9. The van der Waals surface area contributed by atoms with Crippen LogP contribution < -0.4 is 5.43 Å². The molecule has 3 heterocycles. The number of para-hydroxylation sites is 1. The van der Waals surface area contributed by atoms with Crippen molar-refractivity contribution in [1.29, 1.82) is 0 Å². The van der Waals surface area contributed by atoms with Gasteiger partial charge >= 0.3 is 0 Å². The molecule has 0 aliphatic heterocycles. The Balaban J connectivity index is 1.70. The molecule has 0 saturated carbocycles. The molecule has 0 bridgehead atoms. The van der Waals surface area contributed by atoms with Crippen molar-refractivity contribution in [3.05, 3.63) is 91.1 Å². The predicted octanol–water partition coefficient (Wildman–Crippen LogP) is 4.76. The van der Waals surface area contributed by atoms with E-state index in [2.05, 4.69) is 0 Å². The monoisotopic (exact) mass is 381 g/mol. The van der Waals surface area contributed by atoms with Gasteiger partial charge in [-0.15, -0.1) is 22.7 Å². The van der Waals surface area contributed by atoms with Gasteiger partial charge in [-0.05, 0) is 35.0 Å². The molecule has 0 spiro atoms. The Kier molecular flexibility index (Phi) is 4.69. The first kappa shape index (κ1) is 16.8. The largest absolute Gasteiger partial charge is 0.451 e. The van der Waals surface area contributed by atoms with Crippen LogP contribution in [0.3, 0.4) is 0 Å². The zero-order valence-electron chi connectivity index (χ0n) is 13.8. The molecular weight excluding hydrogens is 366 g/mol. The van der Waals surface area contributed by atoms with Crippen molar-refractivity contribution in [3.63, 3.8) is 0 Å². The van der Waals surface area contributed by atoms with E-state index in [-0.39, 0.29) is 17.1 Å². The van der Waals surface area contributed by atoms with Crippen molar-refractivity contribution in [2.45, 2.75) is 13.1 Å². The summed E-state index contributed by atoms with van der Waals surface area (Å²) < 4.78 is 5.74. The summed E-state index contributed by atoms with van der Waals surface area (Å²) in [6.45, 7) is 0.954. The van der Waals surface area contributed by atoms with E-state index in [1.54, 1.807) is 51.8 Å². The molecule has 0 aliphatic rings. The van der Waals surface area contributed by atoms with Crippen LogP contribution >= 0.6 is 22.7 Å². The molecule has 0 fully saturated rings. The van der Waals surface area contributed by atoms with Gasteiger partial charge in [0.1, 0.15) is 5.58 Å². The van der Waals surface area contributed by atoms with Crippen LogP contribution in [0.15, 0.2) is 74.6 Å². The van der Waals surface area contributed by atoms with Crippen LogP contribution in [-0.4, -0.2) is 10.8 Å². The average Bonchev–Trinajstić information content (AvgIpc) is 3.34. The van der Waals surface area contributed by atoms with Gasteiger partial charge in [0.25, 0.3) is 5.91 Å². The fourth-order valence-electron chi connectivity index (χ4n) is 2.75. The van der Waals surface area contributed by atoms with E-state index in [1.165, 1.54) is 6.07 Å². The second kappa shape index (κ2) is 7.27. The van der Waals surface area contributed by atoms with Crippen LogP contribution in [0.25, 0.3) is 11.0 Å². The molecule has 0 saturated heterocycles. The van der Waals surface area contributed by atoms with Gasteiger partial charge in [0.2, 0.25) is 0 Å². The second-order valence-electron chi connectivity index (χ2n) is 5.79. The Bertz CT molecular complexity index is 1050. The first-order chi connectivity index (χ1) is 12.7. The first-order valence-corrected chi connectivity index (χ1v) is 9.83. The number of carbonyl (C=O) groups is 1. The van der Waals surface area contributed by atoms with E-state index in [0.29, 0.717) is 24.1 Å². The second-order valence-corrected chi connectivity index (χ2v) is 7.86. The number of rotatable bonds is 5. The summed E-state index contributed by atoms with van der Waals surface area (Å²) in [7, 11) is 0. The highest BCUT2D eigenvalue weighted by atomic mass is 32.1. The van der Waals surface area contributed by atoms with Crippen LogP contribution in [0.1, 0.15) is 20.3 Å². The standard InChI is InChI=1S/C20H15NO3S2/c22-17-11-19(24-18-8-2-1-7-16(17)18)20(23)21(12-14-5-3-9-25-14)13-15-6-4-10-26-15/h1-11H,12-13H2. The number of carbonyl (C=O) groups excluding carboxylic acids is 1. The fraction of sp³-hybridized carbons (Fsp3) is 0.100. The molecule has 4 rings (SSSR count). The summed E-state index contributed by atoms with van der Waals surface area (Å²) in [4.78, 5) is 29.3. The van der Waals surface area contributed by atoms with Gasteiger partial charge in [0, 0.05) is 15.8 Å². The summed E-state index contributed by atoms with van der Waals surface area (Å²) in [5.41, 5.74) is 0.220. The summed E-state index contributed by atoms with van der Waals surface area (Å²) in [6, 6.07) is 16.2. The molecule has 3 aromatic heterocycles. The third kappa shape index (κ3) is 3.47. The van der Waals surface area contributed by atoms with Crippen LogP contribution in [-0.2, 0) is 13.1 Å². The first-order valence-electron chi connectivity index (χ1n) is 8.07. The maximum Gasteiger partial charge on any atom is 0.290 e. The lowest BCUT2D eigenvalue weighted by Gasteiger charge is -2.21. The molecule has 130 valence electrons. The van der Waals surface area contributed by atoms with Gasteiger partial charge < -0.3 is 9.32 Å². The van der Waals surface area contributed by atoms with Crippen molar-refractivity contribution in [2.24, 2.45) is 0 Å². The molecule has 4 nitrogen and oxygen atoms in total. The number of hydrogen-bond acceptors (Lipinski definition) is 5. The van der Waals surface area contributed by atoms with Crippen LogP contribution in [0.5, 0.6) is 0 Å². The fourth-order valence-corrected chi connectivity index (χ4v) is 4.18. The van der Waals surface area contributed by atoms with Crippen LogP contribution in [0, 0.1) is 0 Å². The Morgan fingerprint density at radius 2 is 1.58 bits per heavy atom. The van der Waals surface area contributed by atoms with Crippen LogP contribution in [0.2, 0.25) is 0 Å². The van der Waals surface area contributed by atoms with Crippen LogP contribution in [0.4, 0.5) is 0 Å². The van der Waals surface area contributed by atoms with Gasteiger partial charge in [-0.1, -0.05) is 24.3 Å². The SMILES string of the molecule is O=C(c1cc(=O)c2ccccc2o1)N(Cc1cccs1)Cc1cccs1. The van der Waals surface area contributed by atoms with E-state index >= 15 is 0 Å². The lowest BCUT2D eigenvalue weighted by molar-refractivity contribution is 0.0701. The summed E-state index contributed by atoms with van der Waals surface area (Å²) in [5, 5.41) is 4.45. The molecule has 0 radical (unpaired) electrons. The van der Waals surface area contributed by atoms with Gasteiger partial charge in [0.05, 0.1) is 18.5 Å². The topological polar surface area (TPSA) is 50.5 Å². The Hall–Kier alpha value is -2.70. The molecule has 4 aromatic rings. The lowest BCUT2D eigenvalue weighted by atomic mass is 10.2. The maximum atomic E-state index is 13.1. The van der Waals surface area contributed by atoms with Crippen molar-refractivity contribution in [1.82, 2.24) is 4.90 Å². The average molecular weight is 381 g/mol. The third-order valence-electron chi connectivity index (χ3n) is 3.99. The zero-order valence-corrected chi connectivity index (χ0v) is 15.4. The van der Waals surface area contributed by atoms with E-state index in [9.17, 15) is 9.59 Å².